The quantitative estimate of drug-likeness (QED) is 0.333. The number of nitrogens with zero attached hydrogens (tertiary/aromatic N) is 2. The van der Waals surface area contributed by atoms with Crippen LogP contribution in [0.1, 0.15) is 38.7 Å². The first-order valence-electron chi connectivity index (χ1n) is 11.1. The van der Waals surface area contributed by atoms with Gasteiger partial charge in [0, 0.05) is 23.8 Å². The number of anilines is 2. The highest BCUT2D eigenvalue weighted by atomic mass is 16.5. The first kappa shape index (κ1) is 22.3. The molecule has 0 aliphatic heterocycles. The van der Waals surface area contributed by atoms with Gasteiger partial charge in [0.1, 0.15) is 12.1 Å². The number of nitrogens with one attached hydrogen (secondary N) is 2. The second-order valence-corrected chi connectivity index (χ2v) is 8.40. The van der Waals surface area contributed by atoms with E-state index in [0.717, 1.165) is 28.0 Å². The van der Waals surface area contributed by atoms with Gasteiger partial charge in [-0.3, -0.25) is 4.79 Å². The highest BCUT2D eigenvalue weighted by Crippen LogP contribution is 2.28. The van der Waals surface area contributed by atoms with Gasteiger partial charge in [0.15, 0.2) is 0 Å². The van der Waals surface area contributed by atoms with E-state index in [0.29, 0.717) is 18.2 Å². The lowest BCUT2D eigenvalue weighted by Crippen LogP contribution is -2.23. The van der Waals surface area contributed by atoms with Crippen LogP contribution >= 0.6 is 0 Å². The minimum atomic E-state index is -0.0562. The van der Waals surface area contributed by atoms with E-state index in [4.69, 9.17) is 4.74 Å². The number of fused-ring (bicyclic) bond motifs is 1. The highest BCUT2D eigenvalue weighted by Gasteiger charge is 2.12. The van der Waals surface area contributed by atoms with Crippen molar-refractivity contribution in [3.63, 3.8) is 0 Å². The molecule has 4 aromatic rings. The maximum Gasteiger partial charge on any atom is 0.230 e. The largest absolute Gasteiger partial charge is 0.438 e. The predicted molar refractivity (Wildman–Crippen MR) is 133 cm³/mol. The van der Waals surface area contributed by atoms with Crippen LogP contribution in [-0.4, -0.2) is 21.9 Å². The van der Waals surface area contributed by atoms with Gasteiger partial charge in [0.05, 0.1) is 10.9 Å². The summed E-state index contributed by atoms with van der Waals surface area (Å²) in [6.07, 6.45) is 1.84. The van der Waals surface area contributed by atoms with Gasteiger partial charge in [0.25, 0.3) is 0 Å². The van der Waals surface area contributed by atoms with Gasteiger partial charge in [-0.1, -0.05) is 44.2 Å². The molecule has 1 atom stereocenters. The van der Waals surface area contributed by atoms with E-state index in [9.17, 15) is 4.79 Å². The number of amides is 1. The number of ether oxygens (including phenoxy) is 1. The zero-order chi connectivity index (χ0) is 23.2. The number of para-hydroxylation sites is 1. The maximum atomic E-state index is 12.5. The minimum absolute atomic E-state index is 0.0334. The molecule has 0 aliphatic carbocycles. The molecule has 0 bridgehead atoms. The Morgan fingerprint density at radius 2 is 1.64 bits per heavy atom. The first-order chi connectivity index (χ1) is 16.0. The summed E-state index contributed by atoms with van der Waals surface area (Å²) < 4.78 is 5.92. The average Bonchev–Trinajstić information content (AvgIpc) is 2.80. The van der Waals surface area contributed by atoms with Crippen molar-refractivity contribution in [1.82, 2.24) is 9.97 Å². The number of carbonyl (C=O) groups excluding carboxylic acids is 1. The summed E-state index contributed by atoms with van der Waals surface area (Å²) in [7, 11) is 0. The van der Waals surface area contributed by atoms with E-state index in [1.165, 1.54) is 11.9 Å². The fourth-order valence-corrected chi connectivity index (χ4v) is 3.58. The second kappa shape index (κ2) is 10.1. The molecule has 6 heteroatoms. The molecule has 33 heavy (non-hydrogen) atoms. The number of benzene rings is 3. The molecule has 0 saturated heterocycles. The summed E-state index contributed by atoms with van der Waals surface area (Å²) in [6.45, 7) is 6.28. The molecule has 6 nitrogen and oxygen atoms in total. The molecule has 3 aromatic carbocycles. The number of hydrogen-bond acceptors (Lipinski definition) is 5. The Balaban J connectivity index is 1.38. The molecule has 0 spiro atoms. The molecular weight excluding hydrogens is 412 g/mol. The summed E-state index contributed by atoms with van der Waals surface area (Å²) in [4.78, 5) is 21.1. The summed E-state index contributed by atoms with van der Waals surface area (Å²) in [6, 6.07) is 23.3. The van der Waals surface area contributed by atoms with Crippen molar-refractivity contribution in [2.24, 2.45) is 0 Å². The van der Waals surface area contributed by atoms with Crippen LogP contribution in [0.4, 0.5) is 11.4 Å². The van der Waals surface area contributed by atoms with Gasteiger partial charge in [-0.15, -0.1) is 0 Å². The molecule has 168 valence electrons. The summed E-state index contributed by atoms with van der Waals surface area (Å²) >= 11 is 0. The minimum Gasteiger partial charge on any atom is -0.438 e. The van der Waals surface area contributed by atoms with Crippen molar-refractivity contribution in [3.8, 4) is 11.6 Å². The molecule has 1 amide bonds. The number of hydrogen-bond donors (Lipinski definition) is 2. The normalized spacial score (nSPS) is 11.9. The van der Waals surface area contributed by atoms with E-state index in [-0.39, 0.29) is 11.9 Å². The zero-order valence-electron chi connectivity index (χ0n) is 19.1. The SMILES string of the molecule is CC(CC(=O)Nc1ccc(C(C)C)cc1)Nc1ccc2c(Oc3ccccc3)ncnc2c1. The number of carbonyl (C=O) groups is 1. The van der Waals surface area contributed by atoms with Crippen LogP contribution in [0.15, 0.2) is 79.1 Å². The van der Waals surface area contributed by atoms with Gasteiger partial charge >= 0.3 is 0 Å². The van der Waals surface area contributed by atoms with E-state index >= 15 is 0 Å². The molecule has 4 rings (SSSR count). The Hall–Kier alpha value is -3.93. The van der Waals surface area contributed by atoms with Crippen LogP contribution in [0, 0.1) is 0 Å². The second-order valence-electron chi connectivity index (χ2n) is 8.40. The van der Waals surface area contributed by atoms with Crippen molar-refractivity contribution < 1.29 is 9.53 Å². The fourth-order valence-electron chi connectivity index (χ4n) is 3.58. The Kier molecular flexibility index (Phi) is 6.83. The van der Waals surface area contributed by atoms with E-state index < -0.39 is 0 Å². The third kappa shape index (κ3) is 5.86. The lowest BCUT2D eigenvalue weighted by atomic mass is 10.0. The monoisotopic (exact) mass is 440 g/mol. The highest BCUT2D eigenvalue weighted by molar-refractivity contribution is 5.91. The predicted octanol–water partition coefficient (Wildman–Crippen LogP) is 6.37. The molecule has 0 saturated carbocycles. The maximum absolute atomic E-state index is 12.5. The van der Waals surface area contributed by atoms with Crippen molar-refractivity contribution >= 4 is 28.2 Å². The van der Waals surface area contributed by atoms with Crippen LogP contribution in [0.5, 0.6) is 11.6 Å². The molecule has 1 aromatic heterocycles. The van der Waals surface area contributed by atoms with Gasteiger partial charge in [-0.2, -0.15) is 0 Å². The fraction of sp³-hybridized carbons (Fsp3) is 0.222. The van der Waals surface area contributed by atoms with Crippen LogP contribution in [-0.2, 0) is 4.79 Å². The molecule has 0 fully saturated rings. The topological polar surface area (TPSA) is 76.1 Å². The van der Waals surface area contributed by atoms with Gasteiger partial charge in [0.2, 0.25) is 11.8 Å². The van der Waals surface area contributed by atoms with Gasteiger partial charge in [-0.25, -0.2) is 9.97 Å². The molecule has 1 heterocycles. The molecular formula is C27H28N4O2. The summed E-state index contributed by atoms with van der Waals surface area (Å²) in [5.41, 5.74) is 3.71. The summed E-state index contributed by atoms with van der Waals surface area (Å²) in [5.74, 6) is 1.66. The lowest BCUT2D eigenvalue weighted by Gasteiger charge is -2.16. The molecule has 1 unspecified atom stereocenters. The van der Waals surface area contributed by atoms with Crippen LogP contribution < -0.4 is 15.4 Å². The van der Waals surface area contributed by atoms with E-state index in [1.54, 1.807) is 0 Å². The van der Waals surface area contributed by atoms with Crippen molar-refractivity contribution in [2.75, 3.05) is 10.6 Å². The number of aromatic nitrogens is 2. The Labute approximate surface area is 194 Å². The van der Waals surface area contributed by atoms with Gasteiger partial charge < -0.3 is 15.4 Å². The first-order valence-corrected chi connectivity index (χ1v) is 11.1. The van der Waals surface area contributed by atoms with E-state index in [1.807, 2.05) is 67.6 Å². The number of rotatable bonds is 8. The standard InChI is InChI=1S/C27H28N4O2/c1-18(2)20-9-11-21(12-10-20)31-26(32)15-19(3)30-22-13-14-24-25(16-22)28-17-29-27(24)33-23-7-5-4-6-8-23/h4-14,16-19,30H,15H2,1-3H3,(H,31,32). The van der Waals surface area contributed by atoms with Crippen LogP contribution in [0.25, 0.3) is 10.9 Å². The third-order valence-electron chi connectivity index (χ3n) is 5.32. The summed E-state index contributed by atoms with van der Waals surface area (Å²) in [5, 5.41) is 7.17. The van der Waals surface area contributed by atoms with E-state index in [2.05, 4.69) is 46.6 Å². The van der Waals surface area contributed by atoms with Gasteiger partial charge in [-0.05, 0) is 60.9 Å². The van der Waals surface area contributed by atoms with Crippen molar-refractivity contribution in [1.29, 1.82) is 0 Å². The Morgan fingerprint density at radius 1 is 0.909 bits per heavy atom. The zero-order valence-corrected chi connectivity index (χ0v) is 19.1. The van der Waals surface area contributed by atoms with Crippen LogP contribution in [0.2, 0.25) is 0 Å². The van der Waals surface area contributed by atoms with Crippen molar-refractivity contribution in [3.05, 3.63) is 84.7 Å². The smallest absolute Gasteiger partial charge is 0.230 e. The Bertz CT molecular complexity index is 1220. The molecule has 0 aliphatic rings. The third-order valence-corrected chi connectivity index (χ3v) is 5.32. The Morgan fingerprint density at radius 3 is 2.36 bits per heavy atom. The molecule has 2 N–H and O–H groups in total. The lowest BCUT2D eigenvalue weighted by molar-refractivity contribution is -0.116. The van der Waals surface area contributed by atoms with Crippen LogP contribution in [0.3, 0.4) is 0 Å². The average molecular weight is 441 g/mol. The molecule has 0 radical (unpaired) electrons. The van der Waals surface area contributed by atoms with Crippen molar-refractivity contribution in [2.45, 2.75) is 39.2 Å².